The Hall–Kier alpha value is -1.67. The summed E-state index contributed by atoms with van der Waals surface area (Å²) in [6.45, 7) is 0.393. The van der Waals surface area contributed by atoms with Crippen LogP contribution in [-0.2, 0) is 11.3 Å². The average molecular weight is 366 g/mol. The first-order chi connectivity index (χ1) is 11.3. The summed E-state index contributed by atoms with van der Waals surface area (Å²) in [5.41, 5.74) is 0.649. The fourth-order valence-electron chi connectivity index (χ4n) is 3.11. The van der Waals surface area contributed by atoms with E-state index in [4.69, 9.17) is 26.2 Å². The van der Waals surface area contributed by atoms with Crippen LogP contribution in [0.1, 0.15) is 5.56 Å². The van der Waals surface area contributed by atoms with Gasteiger partial charge < -0.3 is 14.6 Å². The van der Waals surface area contributed by atoms with Crippen molar-refractivity contribution in [3.63, 3.8) is 0 Å². The van der Waals surface area contributed by atoms with Crippen LogP contribution in [0, 0.1) is 11.8 Å². The minimum atomic E-state index is -4.54. The smallest absolute Gasteiger partial charge is 0.393 e. The molecule has 132 valence electrons. The summed E-state index contributed by atoms with van der Waals surface area (Å²) in [6.07, 6.45) is -4.54. The van der Waals surface area contributed by atoms with Gasteiger partial charge in [-0.05, 0) is 17.7 Å². The number of aliphatic carboxylic acids is 1. The second-order valence-corrected chi connectivity index (χ2v) is 6.30. The van der Waals surface area contributed by atoms with Gasteiger partial charge >= 0.3 is 12.1 Å². The van der Waals surface area contributed by atoms with Crippen molar-refractivity contribution in [3.8, 4) is 11.5 Å². The number of fused-ring (bicyclic) bond motifs is 1. The molecule has 2 heterocycles. The maximum atomic E-state index is 13.0. The summed E-state index contributed by atoms with van der Waals surface area (Å²) in [6, 6.07) is 3.27. The van der Waals surface area contributed by atoms with Crippen LogP contribution in [0.5, 0.6) is 11.5 Å². The number of hydrogen-bond donors (Lipinski definition) is 1. The monoisotopic (exact) mass is 365 g/mol. The Morgan fingerprint density at radius 3 is 2.62 bits per heavy atom. The summed E-state index contributed by atoms with van der Waals surface area (Å²) in [7, 11) is 0. The predicted molar refractivity (Wildman–Crippen MR) is 78.4 cm³/mol. The Kier molecular flexibility index (Phi) is 4.52. The summed E-state index contributed by atoms with van der Waals surface area (Å²) in [4.78, 5) is 12.6. The fraction of sp³-hybridized carbons (Fsp3) is 0.533. The fourth-order valence-corrected chi connectivity index (χ4v) is 3.40. The zero-order valence-corrected chi connectivity index (χ0v) is 13.2. The summed E-state index contributed by atoms with van der Waals surface area (Å²) >= 11 is 6.12. The molecular formula is C15H15ClF3NO4. The van der Waals surface area contributed by atoms with Gasteiger partial charge in [0.05, 0.1) is 16.9 Å². The first-order valence-corrected chi connectivity index (χ1v) is 7.73. The number of hydrogen-bond acceptors (Lipinski definition) is 4. The second-order valence-electron chi connectivity index (χ2n) is 5.89. The van der Waals surface area contributed by atoms with Gasteiger partial charge in [0.25, 0.3) is 0 Å². The van der Waals surface area contributed by atoms with Gasteiger partial charge in [0.2, 0.25) is 0 Å². The largest absolute Gasteiger partial charge is 0.486 e. The molecule has 3 rings (SSSR count). The van der Waals surface area contributed by atoms with Crippen LogP contribution in [0.2, 0.25) is 5.02 Å². The predicted octanol–water partition coefficient (Wildman–Crippen LogP) is 2.81. The van der Waals surface area contributed by atoms with Gasteiger partial charge in [0, 0.05) is 19.6 Å². The van der Waals surface area contributed by atoms with E-state index in [1.807, 2.05) is 0 Å². The molecule has 0 spiro atoms. The van der Waals surface area contributed by atoms with E-state index < -0.39 is 24.0 Å². The number of carboxylic acid groups (broad SMARTS) is 1. The van der Waals surface area contributed by atoms with E-state index in [1.165, 1.54) is 4.90 Å². The molecule has 1 aromatic carbocycles. The highest BCUT2D eigenvalue weighted by atomic mass is 35.5. The molecule has 9 heteroatoms. The lowest BCUT2D eigenvalue weighted by Crippen LogP contribution is -2.33. The van der Waals surface area contributed by atoms with Crippen molar-refractivity contribution in [2.45, 2.75) is 12.7 Å². The molecule has 1 aromatic rings. The normalized spacial score (nSPS) is 24.2. The molecule has 24 heavy (non-hydrogen) atoms. The van der Waals surface area contributed by atoms with E-state index in [2.05, 4.69) is 0 Å². The zero-order chi connectivity index (χ0) is 17.5. The second kappa shape index (κ2) is 6.33. The number of nitrogens with zero attached hydrogens (tertiary/aromatic N) is 1. The average Bonchev–Trinajstić information content (AvgIpc) is 2.91. The molecule has 0 amide bonds. The molecule has 2 aliphatic rings. The van der Waals surface area contributed by atoms with Gasteiger partial charge in [0.15, 0.2) is 11.5 Å². The Bertz CT molecular complexity index is 652. The third kappa shape index (κ3) is 3.39. The van der Waals surface area contributed by atoms with E-state index >= 15 is 0 Å². The van der Waals surface area contributed by atoms with E-state index in [0.29, 0.717) is 35.3 Å². The van der Waals surface area contributed by atoms with E-state index in [0.717, 1.165) is 0 Å². The van der Waals surface area contributed by atoms with E-state index in [1.54, 1.807) is 12.1 Å². The molecule has 1 saturated heterocycles. The Labute approximate surface area is 140 Å². The van der Waals surface area contributed by atoms with Crippen molar-refractivity contribution in [1.29, 1.82) is 0 Å². The lowest BCUT2D eigenvalue weighted by atomic mass is 9.96. The van der Waals surface area contributed by atoms with Crippen molar-refractivity contribution >= 4 is 17.6 Å². The standard InChI is InChI=1S/C15H15ClF3NO4/c16-11-3-8(4-12-13(11)24-2-1-23-12)5-20-6-9(14(21)22)10(7-20)15(17,18)19/h3-4,9-10H,1-2,5-7H2,(H,21,22)/t9-,10-/m1/s1. The van der Waals surface area contributed by atoms with Crippen LogP contribution in [0.4, 0.5) is 13.2 Å². The van der Waals surface area contributed by atoms with Crippen molar-refractivity contribution in [3.05, 3.63) is 22.7 Å². The zero-order valence-electron chi connectivity index (χ0n) is 12.5. The number of halogens is 4. The molecule has 0 aromatic heterocycles. The summed E-state index contributed by atoms with van der Waals surface area (Å²) in [5.74, 6) is -3.89. The molecule has 2 aliphatic heterocycles. The van der Waals surface area contributed by atoms with Crippen LogP contribution in [-0.4, -0.2) is 48.5 Å². The first-order valence-electron chi connectivity index (χ1n) is 7.35. The number of likely N-dealkylation sites (tertiary alicyclic amines) is 1. The van der Waals surface area contributed by atoms with E-state index in [9.17, 15) is 18.0 Å². The van der Waals surface area contributed by atoms with E-state index in [-0.39, 0.29) is 19.6 Å². The maximum absolute atomic E-state index is 13.0. The van der Waals surface area contributed by atoms with Crippen molar-refractivity contribution in [1.82, 2.24) is 4.90 Å². The Balaban J connectivity index is 1.77. The van der Waals surface area contributed by atoms with Gasteiger partial charge in [-0.1, -0.05) is 11.6 Å². The molecule has 0 aliphatic carbocycles. The Morgan fingerprint density at radius 2 is 2.00 bits per heavy atom. The number of carbonyl (C=O) groups is 1. The number of ether oxygens (including phenoxy) is 2. The minimum Gasteiger partial charge on any atom is -0.486 e. The highest BCUT2D eigenvalue weighted by Gasteiger charge is 2.52. The lowest BCUT2D eigenvalue weighted by Gasteiger charge is -2.22. The third-order valence-electron chi connectivity index (χ3n) is 4.20. The number of benzene rings is 1. The molecule has 0 bridgehead atoms. The summed E-state index contributed by atoms with van der Waals surface area (Å²) in [5, 5.41) is 9.37. The van der Waals surface area contributed by atoms with Crippen LogP contribution < -0.4 is 9.47 Å². The number of alkyl halides is 3. The quantitative estimate of drug-likeness (QED) is 0.892. The van der Waals surface area contributed by atoms with Crippen molar-refractivity contribution in [2.75, 3.05) is 26.3 Å². The third-order valence-corrected chi connectivity index (χ3v) is 4.48. The summed E-state index contributed by atoms with van der Waals surface area (Å²) < 4.78 is 49.9. The molecule has 5 nitrogen and oxygen atoms in total. The van der Waals surface area contributed by atoms with Gasteiger partial charge in [-0.15, -0.1) is 0 Å². The van der Waals surface area contributed by atoms with Crippen LogP contribution in [0.3, 0.4) is 0 Å². The van der Waals surface area contributed by atoms with Gasteiger partial charge in [-0.2, -0.15) is 13.2 Å². The van der Waals surface area contributed by atoms with Crippen LogP contribution in [0.15, 0.2) is 12.1 Å². The Morgan fingerprint density at radius 1 is 1.29 bits per heavy atom. The van der Waals surface area contributed by atoms with Crippen molar-refractivity contribution < 1.29 is 32.5 Å². The molecule has 0 saturated carbocycles. The number of rotatable bonds is 3. The molecule has 2 atom stereocenters. The van der Waals surface area contributed by atoms with Gasteiger partial charge in [-0.25, -0.2) is 0 Å². The lowest BCUT2D eigenvalue weighted by molar-refractivity contribution is -0.188. The number of carboxylic acids is 1. The SMILES string of the molecule is O=C(O)[C@@H]1CN(Cc2cc(Cl)c3c(c2)OCCO3)C[C@H]1C(F)(F)F. The van der Waals surface area contributed by atoms with Crippen LogP contribution >= 0.6 is 11.6 Å². The highest BCUT2D eigenvalue weighted by Crippen LogP contribution is 2.41. The topological polar surface area (TPSA) is 59.0 Å². The highest BCUT2D eigenvalue weighted by molar-refractivity contribution is 6.32. The van der Waals surface area contributed by atoms with Gasteiger partial charge in [0.1, 0.15) is 13.2 Å². The van der Waals surface area contributed by atoms with Crippen LogP contribution in [0.25, 0.3) is 0 Å². The maximum Gasteiger partial charge on any atom is 0.393 e. The molecule has 0 unspecified atom stereocenters. The van der Waals surface area contributed by atoms with Crippen molar-refractivity contribution in [2.24, 2.45) is 11.8 Å². The van der Waals surface area contributed by atoms with Gasteiger partial charge in [-0.3, -0.25) is 9.69 Å². The molecular weight excluding hydrogens is 351 g/mol. The molecule has 1 N–H and O–H groups in total. The molecule has 0 radical (unpaired) electrons. The molecule has 1 fully saturated rings. The first kappa shape index (κ1) is 17.2. The minimum absolute atomic E-state index is 0.159.